The van der Waals surface area contributed by atoms with Crippen molar-refractivity contribution in [2.24, 2.45) is 11.8 Å². The number of rotatable bonds is 3. The van der Waals surface area contributed by atoms with Gasteiger partial charge >= 0.3 is 6.18 Å². The minimum Gasteiger partial charge on any atom is -0.274 e. The molecule has 1 amide bonds. The summed E-state index contributed by atoms with van der Waals surface area (Å²) in [4.78, 5) is 10.6. The Hall–Kier alpha value is -2.08. The SMILES string of the molecule is C[C@@H]1C[C@H]1C(=O)NS(=O)(=O)c1ccc(C#N)cc1C(F)(F)F. The second kappa shape index (κ2) is 5.28. The number of amides is 1. The summed E-state index contributed by atoms with van der Waals surface area (Å²) in [7, 11) is -4.66. The maximum Gasteiger partial charge on any atom is 0.417 e. The highest BCUT2D eigenvalue weighted by Crippen LogP contribution is 2.39. The summed E-state index contributed by atoms with van der Waals surface area (Å²) < 4.78 is 64.7. The van der Waals surface area contributed by atoms with Crippen LogP contribution >= 0.6 is 0 Å². The summed E-state index contributed by atoms with van der Waals surface area (Å²) in [5, 5.41) is 8.64. The van der Waals surface area contributed by atoms with E-state index in [1.54, 1.807) is 11.6 Å². The Labute approximate surface area is 124 Å². The Balaban J connectivity index is 2.42. The van der Waals surface area contributed by atoms with Gasteiger partial charge in [0.05, 0.1) is 22.1 Å². The molecule has 1 fully saturated rings. The largest absolute Gasteiger partial charge is 0.417 e. The molecule has 5 nitrogen and oxygen atoms in total. The fraction of sp³-hybridized carbons (Fsp3) is 0.385. The van der Waals surface area contributed by atoms with E-state index < -0.39 is 38.5 Å². The second-order valence-corrected chi connectivity index (χ2v) is 6.76. The van der Waals surface area contributed by atoms with Gasteiger partial charge in [-0.3, -0.25) is 4.79 Å². The second-order valence-electron chi connectivity index (χ2n) is 5.11. The van der Waals surface area contributed by atoms with Crippen LogP contribution in [0.3, 0.4) is 0 Å². The molecule has 1 aromatic carbocycles. The van der Waals surface area contributed by atoms with Gasteiger partial charge in [0.25, 0.3) is 10.0 Å². The van der Waals surface area contributed by atoms with Crippen LogP contribution in [0.25, 0.3) is 0 Å². The number of nitrogens with one attached hydrogen (secondary N) is 1. The first kappa shape index (κ1) is 16.3. The number of carbonyl (C=O) groups excluding carboxylic acids is 1. The molecular weight excluding hydrogens is 321 g/mol. The Morgan fingerprint density at radius 3 is 2.45 bits per heavy atom. The van der Waals surface area contributed by atoms with Gasteiger partial charge < -0.3 is 0 Å². The van der Waals surface area contributed by atoms with Crippen molar-refractivity contribution in [3.63, 3.8) is 0 Å². The van der Waals surface area contributed by atoms with Gasteiger partial charge in [0.1, 0.15) is 0 Å². The maximum atomic E-state index is 13.0. The van der Waals surface area contributed by atoms with Crippen molar-refractivity contribution in [1.29, 1.82) is 5.26 Å². The lowest BCUT2D eigenvalue weighted by atomic mass is 10.1. The summed E-state index contributed by atoms with van der Waals surface area (Å²) in [6, 6.07) is 3.58. The average Bonchev–Trinajstić information content (AvgIpc) is 3.14. The van der Waals surface area contributed by atoms with Crippen molar-refractivity contribution in [3.8, 4) is 6.07 Å². The summed E-state index contributed by atoms with van der Waals surface area (Å²) in [5.41, 5.74) is -1.80. The molecule has 0 spiro atoms. The van der Waals surface area contributed by atoms with Crippen LogP contribution in [0.1, 0.15) is 24.5 Å². The molecule has 0 saturated heterocycles. The van der Waals surface area contributed by atoms with E-state index in [1.807, 2.05) is 0 Å². The maximum absolute atomic E-state index is 13.0. The van der Waals surface area contributed by atoms with Gasteiger partial charge in [-0.2, -0.15) is 18.4 Å². The van der Waals surface area contributed by atoms with Crippen LogP contribution in [0.2, 0.25) is 0 Å². The number of hydrogen-bond donors (Lipinski definition) is 1. The number of nitriles is 1. The van der Waals surface area contributed by atoms with Crippen molar-refractivity contribution in [3.05, 3.63) is 29.3 Å². The average molecular weight is 332 g/mol. The first-order valence-corrected chi connectivity index (χ1v) is 7.72. The summed E-state index contributed by atoms with van der Waals surface area (Å²) in [6.45, 7) is 1.74. The zero-order chi connectivity index (χ0) is 16.7. The van der Waals surface area contributed by atoms with Crippen LogP contribution in [0.5, 0.6) is 0 Å². The van der Waals surface area contributed by atoms with E-state index in [2.05, 4.69) is 0 Å². The van der Waals surface area contributed by atoms with Gasteiger partial charge in [-0.25, -0.2) is 13.1 Å². The molecule has 1 aromatic rings. The molecule has 22 heavy (non-hydrogen) atoms. The molecular formula is C13H11F3N2O3S. The molecule has 118 valence electrons. The third-order valence-electron chi connectivity index (χ3n) is 3.38. The Kier molecular flexibility index (Phi) is 3.91. The van der Waals surface area contributed by atoms with Gasteiger partial charge in [-0.1, -0.05) is 6.92 Å². The van der Waals surface area contributed by atoms with Crippen molar-refractivity contribution in [1.82, 2.24) is 4.72 Å². The number of hydrogen-bond acceptors (Lipinski definition) is 4. The van der Waals surface area contributed by atoms with Crippen molar-refractivity contribution < 1.29 is 26.4 Å². The molecule has 0 radical (unpaired) electrons. The minimum atomic E-state index is -4.97. The minimum absolute atomic E-state index is 0.0123. The molecule has 2 atom stereocenters. The topological polar surface area (TPSA) is 87.0 Å². The summed E-state index contributed by atoms with van der Waals surface area (Å²) >= 11 is 0. The standard InChI is InChI=1S/C13H11F3N2O3S/c1-7-4-9(7)12(19)18-22(20,21)11-3-2-8(6-17)5-10(11)13(14,15)16/h2-3,5,7,9H,4H2,1H3,(H,18,19)/t7-,9-/m1/s1. The van der Waals surface area contributed by atoms with Gasteiger partial charge in [-0.05, 0) is 30.5 Å². The van der Waals surface area contributed by atoms with Crippen LogP contribution in [0.4, 0.5) is 13.2 Å². The smallest absolute Gasteiger partial charge is 0.274 e. The molecule has 0 aromatic heterocycles. The molecule has 0 aliphatic heterocycles. The Morgan fingerprint density at radius 1 is 1.41 bits per heavy atom. The summed E-state index contributed by atoms with van der Waals surface area (Å²) in [5.74, 6) is -1.30. The van der Waals surface area contributed by atoms with Crippen LogP contribution < -0.4 is 4.72 Å². The highest BCUT2D eigenvalue weighted by molar-refractivity contribution is 7.90. The predicted molar refractivity (Wildman–Crippen MR) is 68.8 cm³/mol. The monoisotopic (exact) mass is 332 g/mol. The first-order chi connectivity index (χ1) is 10.1. The van der Waals surface area contributed by atoms with Crippen LogP contribution in [0.15, 0.2) is 23.1 Å². The number of carbonyl (C=O) groups is 1. The van der Waals surface area contributed by atoms with Crippen molar-refractivity contribution in [2.75, 3.05) is 0 Å². The number of nitrogens with zero attached hydrogens (tertiary/aromatic N) is 1. The summed E-state index contributed by atoms with van der Waals surface area (Å²) in [6.07, 6.45) is -4.46. The van der Waals surface area contributed by atoms with E-state index in [4.69, 9.17) is 5.26 Å². The fourth-order valence-corrected chi connectivity index (χ4v) is 3.24. The van der Waals surface area contributed by atoms with Gasteiger partial charge in [0.15, 0.2) is 0 Å². The predicted octanol–water partition coefficient (Wildman–Crippen LogP) is 2.04. The molecule has 0 bridgehead atoms. The molecule has 9 heteroatoms. The molecule has 0 unspecified atom stereocenters. The highest BCUT2D eigenvalue weighted by atomic mass is 32.2. The lowest BCUT2D eigenvalue weighted by Gasteiger charge is -2.14. The Bertz CT molecular complexity index is 766. The molecule has 1 saturated carbocycles. The quantitative estimate of drug-likeness (QED) is 0.917. The van der Waals surface area contributed by atoms with Gasteiger partial charge in [-0.15, -0.1) is 0 Å². The van der Waals surface area contributed by atoms with E-state index in [1.165, 1.54) is 6.07 Å². The molecule has 1 N–H and O–H groups in total. The molecule has 1 aliphatic rings. The van der Waals surface area contributed by atoms with Gasteiger partial charge in [0, 0.05) is 5.92 Å². The van der Waals surface area contributed by atoms with Crippen molar-refractivity contribution in [2.45, 2.75) is 24.4 Å². The number of alkyl halides is 3. The van der Waals surface area contributed by atoms with E-state index in [0.29, 0.717) is 18.6 Å². The molecule has 2 rings (SSSR count). The van der Waals surface area contributed by atoms with E-state index >= 15 is 0 Å². The van der Waals surface area contributed by atoms with E-state index in [9.17, 15) is 26.4 Å². The molecule has 1 aliphatic carbocycles. The number of benzene rings is 1. The lowest BCUT2D eigenvalue weighted by Crippen LogP contribution is -2.33. The Morgan fingerprint density at radius 2 is 2.00 bits per heavy atom. The normalized spacial score (nSPS) is 21.0. The van der Waals surface area contributed by atoms with Crippen LogP contribution in [-0.2, 0) is 21.0 Å². The zero-order valence-electron chi connectivity index (χ0n) is 11.3. The van der Waals surface area contributed by atoms with E-state index in [0.717, 1.165) is 6.07 Å². The fourth-order valence-electron chi connectivity index (χ4n) is 2.01. The highest BCUT2D eigenvalue weighted by Gasteiger charge is 2.42. The molecule has 0 heterocycles. The number of halogens is 3. The van der Waals surface area contributed by atoms with Crippen molar-refractivity contribution >= 4 is 15.9 Å². The number of sulfonamides is 1. The third-order valence-corrected chi connectivity index (χ3v) is 4.79. The van der Waals surface area contributed by atoms with E-state index in [-0.39, 0.29) is 11.5 Å². The van der Waals surface area contributed by atoms with Gasteiger partial charge in [0.2, 0.25) is 5.91 Å². The lowest BCUT2D eigenvalue weighted by molar-refractivity contribution is -0.140. The van der Waals surface area contributed by atoms with Crippen LogP contribution in [0, 0.1) is 23.2 Å². The first-order valence-electron chi connectivity index (χ1n) is 6.24. The van der Waals surface area contributed by atoms with Crippen LogP contribution in [-0.4, -0.2) is 14.3 Å². The zero-order valence-corrected chi connectivity index (χ0v) is 12.1. The third kappa shape index (κ3) is 3.22.